The molecule has 3 aromatic rings. The molecular weight excluding hydrogens is 270 g/mol. The Labute approximate surface area is 99.6 Å². The molecule has 0 aliphatic rings. The molecule has 0 bridgehead atoms. The summed E-state index contributed by atoms with van der Waals surface area (Å²) in [5.74, 6) is 0.315. The van der Waals surface area contributed by atoms with E-state index in [9.17, 15) is 0 Å². The highest BCUT2D eigenvalue weighted by Gasteiger charge is 2.07. The molecule has 2 aromatic heterocycles. The number of hydrogen-bond donors (Lipinski definition) is 2. The summed E-state index contributed by atoms with van der Waals surface area (Å²) in [6.07, 6.45) is 0. The van der Waals surface area contributed by atoms with Crippen molar-refractivity contribution >= 4 is 32.7 Å². The van der Waals surface area contributed by atoms with Gasteiger partial charge < -0.3 is 15.2 Å². The monoisotopic (exact) mass is 277 g/mol. The molecule has 0 spiro atoms. The van der Waals surface area contributed by atoms with Crippen molar-refractivity contribution in [1.82, 2.24) is 10.1 Å². The molecule has 4 nitrogen and oxygen atoms in total. The molecule has 0 aliphatic carbocycles. The van der Waals surface area contributed by atoms with E-state index >= 15 is 0 Å². The summed E-state index contributed by atoms with van der Waals surface area (Å²) >= 11 is 3.43. The minimum Gasteiger partial charge on any atom is -0.368 e. The number of nitrogens with one attached hydrogen (secondary N) is 1. The van der Waals surface area contributed by atoms with Crippen LogP contribution in [0.2, 0.25) is 0 Å². The van der Waals surface area contributed by atoms with Gasteiger partial charge in [-0.05, 0) is 24.3 Å². The number of H-pyrrole nitrogens is 1. The van der Waals surface area contributed by atoms with Crippen LogP contribution in [0.25, 0.3) is 22.3 Å². The van der Waals surface area contributed by atoms with Gasteiger partial charge in [0.15, 0.2) is 0 Å². The predicted octanol–water partition coefficient (Wildman–Crippen LogP) is 3.17. The minimum absolute atomic E-state index is 0.315. The van der Waals surface area contributed by atoms with Crippen molar-refractivity contribution in [2.45, 2.75) is 0 Å². The van der Waals surface area contributed by atoms with Gasteiger partial charge >= 0.3 is 0 Å². The number of fused-ring (bicyclic) bond motifs is 1. The summed E-state index contributed by atoms with van der Waals surface area (Å²) in [5.41, 5.74) is 8.15. The Balaban J connectivity index is 2.18. The minimum atomic E-state index is 0.315. The topological polar surface area (TPSA) is 67.8 Å². The number of anilines is 1. The van der Waals surface area contributed by atoms with Gasteiger partial charge in [0.1, 0.15) is 5.69 Å². The molecule has 80 valence electrons. The number of nitrogens with zero attached hydrogens (tertiary/aromatic N) is 1. The summed E-state index contributed by atoms with van der Waals surface area (Å²) < 4.78 is 5.88. The van der Waals surface area contributed by atoms with E-state index in [1.54, 1.807) is 6.07 Å². The molecule has 1 aromatic carbocycles. The van der Waals surface area contributed by atoms with E-state index in [0.717, 1.165) is 21.1 Å². The van der Waals surface area contributed by atoms with Gasteiger partial charge in [-0.1, -0.05) is 21.1 Å². The number of nitrogens with two attached hydrogens (primary N) is 1. The van der Waals surface area contributed by atoms with Crippen LogP contribution in [0.4, 0.5) is 5.88 Å². The maximum atomic E-state index is 5.48. The molecule has 3 rings (SSSR count). The van der Waals surface area contributed by atoms with Gasteiger partial charge in [-0.15, -0.1) is 0 Å². The summed E-state index contributed by atoms with van der Waals surface area (Å²) in [6.45, 7) is 0. The third-order valence-corrected chi connectivity index (χ3v) is 2.88. The van der Waals surface area contributed by atoms with Gasteiger partial charge in [0.25, 0.3) is 0 Å². The first kappa shape index (κ1) is 9.47. The zero-order valence-electron chi connectivity index (χ0n) is 8.20. The molecule has 0 amide bonds. The van der Waals surface area contributed by atoms with E-state index in [2.05, 4.69) is 26.1 Å². The highest BCUT2D eigenvalue weighted by Crippen LogP contribution is 2.26. The van der Waals surface area contributed by atoms with Crippen LogP contribution in [0, 0.1) is 0 Å². The van der Waals surface area contributed by atoms with Gasteiger partial charge in [-0.25, -0.2) is 0 Å². The fourth-order valence-corrected chi connectivity index (χ4v) is 2.04. The maximum Gasteiger partial charge on any atom is 0.222 e. The second kappa shape index (κ2) is 3.38. The van der Waals surface area contributed by atoms with Crippen LogP contribution in [-0.4, -0.2) is 10.1 Å². The van der Waals surface area contributed by atoms with Gasteiger partial charge in [-0.3, -0.25) is 0 Å². The molecule has 0 unspecified atom stereocenters. The number of hydrogen-bond acceptors (Lipinski definition) is 3. The van der Waals surface area contributed by atoms with E-state index in [1.165, 1.54) is 0 Å². The Kier molecular flexibility index (Phi) is 2.00. The molecule has 5 heteroatoms. The van der Waals surface area contributed by atoms with Crippen molar-refractivity contribution in [1.29, 1.82) is 0 Å². The van der Waals surface area contributed by atoms with Crippen molar-refractivity contribution in [3.05, 3.63) is 34.8 Å². The van der Waals surface area contributed by atoms with Crippen molar-refractivity contribution in [2.24, 2.45) is 0 Å². The Hall–Kier alpha value is -1.75. The Morgan fingerprint density at radius 2 is 2.12 bits per heavy atom. The standard InChI is InChI=1S/C11H8BrN3O/c12-7-1-2-8-6(3-7)4-9(14-8)10-5-11(13)16-15-10/h1-5,14H,13H2. The number of nitrogen functional groups attached to an aromatic ring is 1. The first-order valence-electron chi connectivity index (χ1n) is 4.73. The van der Waals surface area contributed by atoms with E-state index in [0.29, 0.717) is 11.6 Å². The lowest BCUT2D eigenvalue weighted by Crippen LogP contribution is -1.76. The molecule has 0 saturated carbocycles. The van der Waals surface area contributed by atoms with Crippen LogP contribution in [0.15, 0.2) is 39.3 Å². The van der Waals surface area contributed by atoms with Crippen LogP contribution in [0.5, 0.6) is 0 Å². The zero-order chi connectivity index (χ0) is 11.1. The number of halogens is 1. The van der Waals surface area contributed by atoms with Crippen molar-refractivity contribution < 1.29 is 4.52 Å². The predicted molar refractivity (Wildman–Crippen MR) is 65.9 cm³/mol. The van der Waals surface area contributed by atoms with Gasteiger partial charge in [0.2, 0.25) is 5.88 Å². The van der Waals surface area contributed by atoms with Crippen LogP contribution < -0.4 is 5.73 Å². The Morgan fingerprint density at radius 1 is 1.25 bits per heavy atom. The number of rotatable bonds is 1. The number of benzene rings is 1. The van der Waals surface area contributed by atoms with Crippen LogP contribution in [0.3, 0.4) is 0 Å². The molecule has 0 radical (unpaired) electrons. The molecule has 0 saturated heterocycles. The molecule has 16 heavy (non-hydrogen) atoms. The van der Waals surface area contributed by atoms with Crippen LogP contribution in [0.1, 0.15) is 0 Å². The lowest BCUT2D eigenvalue weighted by Gasteiger charge is -1.89. The lowest BCUT2D eigenvalue weighted by molar-refractivity contribution is 0.439. The largest absolute Gasteiger partial charge is 0.368 e. The molecule has 0 aliphatic heterocycles. The quantitative estimate of drug-likeness (QED) is 0.718. The molecule has 0 fully saturated rings. The normalized spacial score (nSPS) is 11.1. The highest BCUT2D eigenvalue weighted by molar-refractivity contribution is 9.10. The average Bonchev–Trinajstić information content (AvgIpc) is 2.83. The molecular formula is C11H8BrN3O. The van der Waals surface area contributed by atoms with Crippen LogP contribution in [-0.2, 0) is 0 Å². The first-order valence-corrected chi connectivity index (χ1v) is 5.52. The smallest absolute Gasteiger partial charge is 0.222 e. The third kappa shape index (κ3) is 1.49. The summed E-state index contributed by atoms with van der Waals surface area (Å²) in [5, 5.41) is 4.98. The van der Waals surface area contributed by atoms with Gasteiger partial charge in [0, 0.05) is 21.4 Å². The number of aromatic nitrogens is 2. The lowest BCUT2D eigenvalue weighted by atomic mass is 10.2. The van der Waals surface area contributed by atoms with Gasteiger partial charge in [-0.2, -0.15) is 0 Å². The molecule has 2 heterocycles. The number of aromatic amines is 1. The second-order valence-electron chi connectivity index (χ2n) is 3.53. The van der Waals surface area contributed by atoms with E-state index in [4.69, 9.17) is 10.3 Å². The van der Waals surface area contributed by atoms with Crippen molar-refractivity contribution in [3.63, 3.8) is 0 Å². The maximum absolute atomic E-state index is 5.48. The Bertz CT molecular complexity index is 656. The summed E-state index contributed by atoms with van der Waals surface area (Å²) in [6, 6.07) is 9.74. The van der Waals surface area contributed by atoms with Crippen molar-refractivity contribution in [3.8, 4) is 11.4 Å². The second-order valence-corrected chi connectivity index (χ2v) is 4.44. The van der Waals surface area contributed by atoms with E-state index in [1.807, 2.05) is 24.3 Å². The van der Waals surface area contributed by atoms with Crippen LogP contribution >= 0.6 is 15.9 Å². The van der Waals surface area contributed by atoms with Crippen molar-refractivity contribution in [2.75, 3.05) is 5.73 Å². The fourth-order valence-electron chi connectivity index (χ4n) is 1.66. The van der Waals surface area contributed by atoms with E-state index in [-0.39, 0.29) is 0 Å². The fraction of sp³-hybridized carbons (Fsp3) is 0. The summed E-state index contributed by atoms with van der Waals surface area (Å²) in [4.78, 5) is 3.25. The van der Waals surface area contributed by atoms with E-state index < -0.39 is 0 Å². The Morgan fingerprint density at radius 3 is 2.88 bits per heavy atom. The average molecular weight is 278 g/mol. The highest BCUT2D eigenvalue weighted by atomic mass is 79.9. The SMILES string of the molecule is Nc1cc(-c2cc3cc(Br)ccc3[nH]2)no1. The molecule has 3 N–H and O–H groups in total. The summed E-state index contributed by atoms with van der Waals surface area (Å²) in [7, 11) is 0. The third-order valence-electron chi connectivity index (χ3n) is 2.39. The van der Waals surface area contributed by atoms with Gasteiger partial charge in [0.05, 0.1) is 5.69 Å². The first-order chi connectivity index (χ1) is 7.72. The zero-order valence-corrected chi connectivity index (χ0v) is 9.78. The molecule has 0 atom stereocenters.